The second-order valence-corrected chi connectivity index (χ2v) is 9.08. The van der Waals surface area contributed by atoms with Crippen molar-refractivity contribution < 1.29 is 37.7 Å². The van der Waals surface area contributed by atoms with Gasteiger partial charge in [-0.25, -0.2) is 13.2 Å². The van der Waals surface area contributed by atoms with Crippen LogP contribution in [0.15, 0.2) is 42.5 Å². The fourth-order valence-electron chi connectivity index (χ4n) is 4.14. The summed E-state index contributed by atoms with van der Waals surface area (Å²) in [5, 5.41) is 24.0. The van der Waals surface area contributed by atoms with E-state index in [0.717, 1.165) is 25.0 Å². The average molecular weight is 479 g/mol. The Morgan fingerprint density at radius 1 is 1.00 bits per heavy atom. The maximum absolute atomic E-state index is 14.0. The summed E-state index contributed by atoms with van der Waals surface area (Å²) in [4.78, 5) is 13.2. The summed E-state index contributed by atoms with van der Waals surface area (Å²) in [6.45, 7) is -0.0790. The Bertz CT molecular complexity index is 980. The number of carbonyl (C=O) groups excluding carboxylic acids is 1. The number of ether oxygens (including phenoxy) is 2. The van der Waals surface area contributed by atoms with Gasteiger partial charge in [-0.15, -0.1) is 0 Å². The first-order valence-electron chi connectivity index (χ1n) is 11.3. The van der Waals surface area contributed by atoms with Gasteiger partial charge in [0.25, 0.3) is 5.91 Å². The molecule has 0 aliphatic heterocycles. The van der Waals surface area contributed by atoms with Crippen LogP contribution < -0.4 is 5.32 Å². The van der Waals surface area contributed by atoms with Crippen molar-refractivity contribution in [3.63, 3.8) is 0 Å². The number of benzene rings is 2. The highest BCUT2D eigenvalue weighted by Crippen LogP contribution is 2.36. The van der Waals surface area contributed by atoms with E-state index in [-0.39, 0.29) is 25.0 Å². The highest BCUT2D eigenvalue weighted by molar-refractivity contribution is 5.85. The molecule has 2 aromatic carbocycles. The maximum atomic E-state index is 14.0. The number of nitrogens with one attached hydrogen (secondary N) is 1. The number of rotatable bonds is 9. The molecule has 2 saturated carbocycles. The van der Waals surface area contributed by atoms with Gasteiger partial charge in [-0.2, -0.15) is 0 Å². The third-order valence-corrected chi connectivity index (χ3v) is 6.44. The average Bonchev–Trinajstić information content (AvgIpc) is 3.64. The summed E-state index contributed by atoms with van der Waals surface area (Å²) in [7, 11) is 0. The molecule has 184 valence electrons. The second-order valence-electron chi connectivity index (χ2n) is 9.08. The van der Waals surface area contributed by atoms with Crippen LogP contribution in [0, 0.1) is 23.4 Å². The van der Waals surface area contributed by atoms with E-state index >= 15 is 0 Å². The summed E-state index contributed by atoms with van der Waals surface area (Å²) < 4.78 is 53.0. The minimum absolute atomic E-state index is 0.0470. The van der Waals surface area contributed by atoms with E-state index in [0.29, 0.717) is 18.0 Å². The van der Waals surface area contributed by atoms with E-state index in [9.17, 15) is 28.2 Å². The van der Waals surface area contributed by atoms with Gasteiger partial charge in [0.2, 0.25) is 0 Å². The van der Waals surface area contributed by atoms with Crippen LogP contribution in [0.1, 0.15) is 36.8 Å². The lowest BCUT2D eigenvalue weighted by atomic mass is 9.78. The van der Waals surface area contributed by atoms with Gasteiger partial charge in [0.15, 0.2) is 5.60 Å². The molecule has 2 fully saturated rings. The van der Waals surface area contributed by atoms with Crippen LogP contribution in [0.2, 0.25) is 0 Å². The molecule has 4 atom stereocenters. The number of hydrogen-bond donors (Lipinski definition) is 3. The fourth-order valence-corrected chi connectivity index (χ4v) is 4.14. The number of halogens is 3. The van der Waals surface area contributed by atoms with Gasteiger partial charge in [-0.05, 0) is 48.6 Å². The normalized spacial score (nSPS) is 26.9. The van der Waals surface area contributed by atoms with Crippen LogP contribution in [0.5, 0.6) is 0 Å². The number of aliphatic hydroxyl groups excluding tert-OH is 2. The van der Waals surface area contributed by atoms with Crippen LogP contribution >= 0.6 is 0 Å². The molecule has 4 rings (SSSR count). The molecule has 0 spiro atoms. The van der Waals surface area contributed by atoms with E-state index in [2.05, 4.69) is 5.32 Å². The van der Waals surface area contributed by atoms with Crippen molar-refractivity contribution in [2.45, 2.75) is 62.8 Å². The van der Waals surface area contributed by atoms with E-state index in [1.807, 2.05) is 0 Å². The van der Waals surface area contributed by atoms with Gasteiger partial charge >= 0.3 is 0 Å². The first-order valence-corrected chi connectivity index (χ1v) is 11.3. The van der Waals surface area contributed by atoms with E-state index < -0.39 is 53.9 Å². The molecule has 0 heterocycles. The summed E-state index contributed by atoms with van der Waals surface area (Å²) in [6.07, 6.45) is -2.17. The summed E-state index contributed by atoms with van der Waals surface area (Å²) in [6, 6.07) is 9.00. The monoisotopic (exact) mass is 479 g/mol. The minimum atomic E-state index is -1.56. The molecule has 34 heavy (non-hydrogen) atoms. The number of amides is 1. The third-order valence-electron chi connectivity index (χ3n) is 6.44. The second kappa shape index (κ2) is 10.4. The van der Waals surface area contributed by atoms with Crippen molar-refractivity contribution in [3.8, 4) is 0 Å². The summed E-state index contributed by atoms with van der Waals surface area (Å²) in [5.41, 5.74) is -1.26. The van der Waals surface area contributed by atoms with Crippen LogP contribution in [-0.4, -0.2) is 46.6 Å². The number of hydrogen-bond acceptors (Lipinski definition) is 5. The van der Waals surface area contributed by atoms with Gasteiger partial charge in [0.05, 0.1) is 25.4 Å². The molecule has 3 N–H and O–H groups in total. The lowest BCUT2D eigenvalue weighted by Crippen LogP contribution is -2.60. The lowest BCUT2D eigenvalue weighted by molar-refractivity contribution is -0.200. The standard InChI is InChI=1S/C25H28F3NO5/c26-17-8-6-16(7-9-17)13-34-25(24(32)29-12-15-4-5-15)10-21(30)23(31)22(11-25)33-14-18-19(27)2-1-3-20(18)28/h1-3,6-9,15,21-23,30-31H,4-5,10-14H2,(H,29,32)/t21-,22?,23-,25+/m1/s1. The lowest BCUT2D eigenvalue weighted by Gasteiger charge is -2.44. The van der Waals surface area contributed by atoms with Crippen molar-refractivity contribution in [3.05, 3.63) is 71.0 Å². The van der Waals surface area contributed by atoms with E-state index in [1.165, 1.54) is 30.3 Å². The van der Waals surface area contributed by atoms with E-state index in [1.54, 1.807) is 0 Å². The SMILES string of the molecule is O=C(NCC1CC1)[C@@]1(OCc2ccc(F)cc2)CC(OCc2c(F)cccc2F)[C@H](O)[C@H](O)C1. The van der Waals surface area contributed by atoms with E-state index in [4.69, 9.17) is 9.47 Å². The maximum Gasteiger partial charge on any atom is 0.252 e. The molecule has 0 saturated heterocycles. The molecule has 1 unspecified atom stereocenters. The van der Waals surface area contributed by atoms with Gasteiger partial charge in [-0.1, -0.05) is 18.2 Å². The van der Waals surface area contributed by atoms with Crippen molar-refractivity contribution in [2.75, 3.05) is 6.54 Å². The molecule has 0 aromatic heterocycles. The fraction of sp³-hybridized carbons (Fsp3) is 0.480. The van der Waals surface area contributed by atoms with Crippen molar-refractivity contribution in [2.24, 2.45) is 5.92 Å². The first-order chi connectivity index (χ1) is 16.3. The van der Waals surface area contributed by atoms with Crippen molar-refractivity contribution in [1.29, 1.82) is 0 Å². The van der Waals surface area contributed by atoms with Crippen LogP contribution in [0.25, 0.3) is 0 Å². The topological polar surface area (TPSA) is 88.0 Å². The largest absolute Gasteiger partial charge is 0.390 e. The molecular weight excluding hydrogens is 451 g/mol. The van der Waals surface area contributed by atoms with Gasteiger partial charge in [0.1, 0.15) is 23.6 Å². The molecule has 0 bridgehead atoms. The molecule has 2 aliphatic carbocycles. The van der Waals surface area contributed by atoms with Crippen LogP contribution in [-0.2, 0) is 27.5 Å². The quantitative estimate of drug-likeness (QED) is 0.515. The van der Waals surface area contributed by atoms with Crippen LogP contribution in [0.4, 0.5) is 13.2 Å². The van der Waals surface area contributed by atoms with Gasteiger partial charge in [-0.3, -0.25) is 4.79 Å². The Morgan fingerprint density at radius 3 is 2.32 bits per heavy atom. The molecule has 2 aliphatic rings. The molecule has 2 aromatic rings. The zero-order valence-corrected chi connectivity index (χ0v) is 18.6. The highest BCUT2D eigenvalue weighted by atomic mass is 19.1. The highest BCUT2D eigenvalue weighted by Gasteiger charge is 2.51. The molecule has 0 radical (unpaired) electrons. The van der Waals surface area contributed by atoms with Crippen LogP contribution in [0.3, 0.4) is 0 Å². The van der Waals surface area contributed by atoms with Gasteiger partial charge in [0, 0.05) is 24.9 Å². The molecule has 9 heteroatoms. The first kappa shape index (κ1) is 24.7. The molecule has 1 amide bonds. The van der Waals surface area contributed by atoms with Gasteiger partial charge < -0.3 is 25.0 Å². The Hall–Kier alpha value is -2.46. The Morgan fingerprint density at radius 2 is 1.68 bits per heavy atom. The Labute approximate surface area is 195 Å². The Kier molecular flexibility index (Phi) is 7.57. The predicted octanol–water partition coefficient (Wildman–Crippen LogP) is 2.99. The predicted molar refractivity (Wildman–Crippen MR) is 116 cm³/mol. The van der Waals surface area contributed by atoms with Crippen molar-refractivity contribution in [1.82, 2.24) is 5.32 Å². The van der Waals surface area contributed by atoms with Crippen molar-refractivity contribution >= 4 is 5.91 Å². The zero-order valence-electron chi connectivity index (χ0n) is 18.6. The Balaban J connectivity index is 1.52. The smallest absolute Gasteiger partial charge is 0.252 e. The third kappa shape index (κ3) is 5.78. The summed E-state index contributed by atoms with van der Waals surface area (Å²) >= 11 is 0. The zero-order chi connectivity index (χ0) is 24.3. The summed E-state index contributed by atoms with van der Waals surface area (Å²) in [5.74, 6) is -2.07. The molecular formula is C25H28F3NO5. The number of carbonyl (C=O) groups is 1. The number of aliphatic hydroxyl groups is 2. The minimum Gasteiger partial charge on any atom is -0.390 e. The molecule has 6 nitrogen and oxygen atoms in total.